The lowest BCUT2D eigenvalue weighted by Crippen LogP contribution is -2.17. The van der Waals surface area contributed by atoms with Crippen LogP contribution >= 0.6 is 12.6 Å². The first-order valence-electron chi connectivity index (χ1n) is 5.86. The van der Waals surface area contributed by atoms with E-state index in [-0.39, 0.29) is 6.61 Å². The highest BCUT2D eigenvalue weighted by Crippen LogP contribution is 2.11. The highest BCUT2D eigenvalue weighted by molar-refractivity contribution is 7.80. The fraction of sp³-hybridized carbons (Fsp3) is 1.00. The van der Waals surface area contributed by atoms with Gasteiger partial charge >= 0.3 is 0 Å². The summed E-state index contributed by atoms with van der Waals surface area (Å²) in [6.07, 6.45) is 1.69. The van der Waals surface area contributed by atoms with Crippen LogP contribution in [0.2, 0.25) is 0 Å². The van der Waals surface area contributed by atoms with Crippen LogP contribution < -0.4 is 0 Å². The number of rotatable bonds is 10. The van der Waals surface area contributed by atoms with Crippen LogP contribution in [0, 0.1) is 0 Å². The SMILES string of the molecule is OCCC(O)CCC(O)CCC(O)CCS. The van der Waals surface area contributed by atoms with Crippen molar-refractivity contribution in [3.05, 3.63) is 0 Å². The third-order valence-electron chi connectivity index (χ3n) is 2.59. The second-order valence-corrected chi connectivity index (χ2v) is 4.59. The molecule has 3 unspecified atom stereocenters. The average molecular weight is 252 g/mol. The summed E-state index contributed by atoms with van der Waals surface area (Å²) in [7, 11) is 0. The van der Waals surface area contributed by atoms with E-state index in [9.17, 15) is 15.3 Å². The molecule has 0 aromatic carbocycles. The van der Waals surface area contributed by atoms with E-state index in [1.165, 1.54) is 0 Å². The van der Waals surface area contributed by atoms with Crippen molar-refractivity contribution in [3.8, 4) is 0 Å². The molecule has 0 aliphatic heterocycles. The van der Waals surface area contributed by atoms with Crippen molar-refractivity contribution >= 4 is 12.6 Å². The fourth-order valence-corrected chi connectivity index (χ4v) is 1.80. The monoisotopic (exact) mass is 252 g/mol. The maximum Gasteiger partial charge on any atom is 0.0563 e. The quantitative estimate of drug-likeness (QED) is 0.363. The lowest BCUT2D eigenvalue weighted by Gasteiger charge is -2.15. The Balaban J connectivity index is 3.46. The Hall–Kier alpha value is 0.190. The minimum Gasteiger partial charge on any atom is -0.396 e. The van der Waals surface area contributed by atoms with Crippen LogP contribution in [0.1, 0.15) is 38.5 Å². The molecule has 3 atom stereocenters. The summed E-state index contributed by atoms with van der Waals surface area (Å²) < 4.78 is 0. The molecule has 0 fully saturated rings. The highest BCUT2D eigenvalue weighted by Gasteiger charge is 2.11. The van der Waals surface area contributed by atoms with Crippen LogP contribution in [0.25, 0.3) is 0 Å². The second-order valence-electron chi connectivity index (χ2n) is 4.14. The summed E-state index contributed by atoms with van der Waals surface area (Å²) >= 11 is 4.02. The number of hydrogen-bond donors (Lipinski definition) is 5. The van der Waals surface area contributed by atoms with Gasteiger partial charge in [0.05, 0.1) is 18.3 Å². The van der Waals surface area contributed by atoms with Crippen molar-refractivity contribution in [2.45, 2.75) is 56.8 Å². The lowest BCUT2D eigenvalue weighted by molar-refractivity contribution is 0.0783. The molecule has 98 valence electrons. The Labute approximate surface area is 103 Å². The number of hydrogen-bond acceptors (Lipinski definition) is 5. The molecule has 0 bridgehead atoms. The zero-order valence-corrected chi connectivity index (χ0v) is 10.5. The van der Waals surface area contributed by atoms with Gasteiger partial charge < -0.3 is 20.4 Å². The van der Waals surface area contributed by atoms with E-state index in [0.29, 0.717) is 44.3 Å². The minimum atomic E-state index is -0.540. The summed E-state index contributed by atoms with van der Waals surface area (Å²) in [4.78, 5) is 0. The van der Waals surface area contributed by atoms with Crippen LogP contribution in [0.3, 0.4) is 0 Å². The molecule has 0 aromatic rings. The van der Waals surface area contributed by atoms with Crippen molar-refractivity contribution in [1.82, 2.24) is 0 Å². The Morgan fingerprint density at radius 1 is 0.688 bits per heavy atom. The molecule has 0 saturated carbocycles. The maximum absolute atomic E-state index is 9.58. The Bertz CT molecular complexity index is 141. The van der Waals surface area contributed by atoms with E-state index in [0.717, 1.165) is 0 Å². The third-order valence-corrected chi connectivity index (χ3v) is 2.85. The van der Waals surface area contributed by atoms with E-state index in [2.05, 4.69) is 12.6 Å². The van der Waals surface area contributed by atoms with E-state index < -0.39 is 18.3 Å². The van der Waals surface area contributed by atoms with Crippen LogP contribution in [-0.4, -0.2) is 51.1 Å². The largest absolute Gasteiger partial charge is 0.396 e. The molecule has 0 aromatic heterocycles. The standard InChI is InChI=1S/C11H24O4S/c12-7-5-10(14)3-1-9(13)2-4-11(15)6-8-16/h9-16H,1-8H2. The van der Waals surface area contributed by atoms with Gasteiger partial charge in [-0.3, -0.25) is 0 Å². The van der Waals surface area contributed by atoms with Gasteiger partial charge in [0.2, 0.25) is 0 Å². The molecule has 0 amide bonds. The molecule has 16 heavy (non-hydrogen) atoms. The molecular formula is C11H24O4S. The van der Waals surface area contributed by atoms with Gasteiger partial charge in [0.1, 0.15) is 0 Å². The van der Waals surface area contributed by atoms with Crippen molar-refractivity contribution < 1.29 is 20.4 Å². The zero-order chi connectivity index (χ0) is 12.4. The van der Waals surface area contributed by atoms with Crippen molar-refractivity contribution in [1.29, 1.82) is 0 Å². The Morgan fingerprint density at radius 3 is 1.44 bits per heavy atom. The molecule has 5 heteroatoms. The van der Waals surface area contributed by atoms with Gasteiger partial charge in [-0.1, -0.05) is 0 Å². The van der Waals surface area contributed by atoms with Crippen molar-refractivity contribution in [2.75, 3.05) is 12.4 Å². The molecule has 0 rings (SSSR count). The van der Waals surface area contributed by atoms with Gasteiger partial charge in [0.25, 0.3) is 0 Å². The van der Waals surface area contributed by atoms with E-state index in [1.54, 1.807) is 0 Å². The van der Waals surface area contributed by atoms with Gasteiger partial charge in [-0.15, -0.1) is 0 Å². The van der Waals surface area contributed by atoms with Gasteiger partial charge in [-0.2, -0.15) is 12.6 Å². The van der Waals surface area contributed by atoms with Gasteiger partial charge in [-0.05, 0) is 44.3 Å². The number of aliphatic hydroxyl groups is 4. The molecule has 0 saturated heterocycles. The normalized spacial score (nSPS) is 17.1. The molecule has 0 spiro atoms. The van der Waals surface area contributed by atoms with E-state index >= 15 is 0 Å². The molecule has 0 aliphatic carbocycles. The van der Waals surface area contributed by atoms with Crippen molar-refractivity contribution in [3.63, 3.8) is 0 Å². The zero-order valence-electron chi connectivity index (χ0n) is 9.62. The molecule has 0 radical (unpaired) electrons. The van der Waals surface area contributed by atoms with Crippen LogP contribution in [0.15, 0.2) is 0 Å². The smallest absolute Gasteiger partial charge is 0.0563 e. The second kappa shape index (κ2) is 10.4. The predicted octanol–water partition coefficient (Wildman–Crippen LogP) is 0.332. The predicted molar refractivity (Wildman–Crippen MR) is 66.7 cm³/mol. The van der Waals surface area contributed by atoms with Crippen molar-refractivity contribution in [2.24, 2.45) is 0 Å². The van der Waals surface area contributed by atoms with Gasteiger partial charge in [0, 0.05) is 6.61 Å². The lowest BCUT2D eigenvalue weighted by atomic mass is 10.0. The summed E-state index contributed by atoms with van der Waals surface area (Å²) in [5.74, 6) is 0.645. The number of aliphatic hydroxyl groups excluding tert-OH is 4. The average Bonchev–Trinajstić information content (AvgIpc) is 2.24. The van der Waals surface area contributed by atoms with Gasteiger partial charge in [-0.25, -0.2) is 0 Å². The number of thiol groups is 1. The van der Waals surface area contributed by atoms with Crippen LogP contribution in [-0.2, 0) is 0 Å². The molecule has 4 nitrogen and oxygen atoms in total. The third kappa shape index (κ3) is 9.42. The first-order chi connectivity index (χ1) is 7.60. The summed E-state index contributed by atoms with van der Waals surface area (Å²) in [6.45, 7) is -0.0298. The van der Waals surface area contributed by atoms with E-state index in [4.69, 9.17) is 5.11 Å². The molecular weight excluding hydrogens is 228 g/mol. The molecule has 4 N–H and O–H groups in total. The van der Waals surface area contributed by atoms with Gasteiger partial charge in [0.15, 0.2) is 0 Å². The maximum atomic E-state index is 9.58. The minimum absolute atomic E-state index is 0.0298. The first-order valence-corrected chi connectivity index (χ1v) is 6.49. The summed E-state index contributed by atoms with van der Waals surface area (Å²) in [5.41, 5.74) is 0. The summed E-state index contributed by atoms with van der Waals surface area (Å²) in [5, 5.41) is 36.9. The Morgan fingerprint density at radius 2 is 1.06 bits per heavy atom. The highest BCUT2D eigenvalue weighted by atomic mass is 32.1. The van der Waals surface area contributed by atoms with Crippen LogP contribution in [0.5, 0.6) is 0 Å². The van der Waals surface area contributed by atoms with Crippen LogP contribution in [0.4, 0.5) is 0 Å². The first kappa shape index (κ1) is 16.2. The molecule has 0 heterocycles. The fourth-order valence-electron chi connectivity index (χ4n) is 1.50. The summed E-state index contributed by atoms with van der Waals surface area (Å²) in [6, 6.07) is 0. The topological polar surface area (TPSA) is 80.9 Å². The molecule has 0 aliphatic rings. The Kier molecular flexibility index (Phi) is 10.5. The van der Waals surface area contributed by atoms with E-state index in [1.807, 2.05) is 0 Å².